The summed E-state index contributed by atoms with van der Waals surface area (Å²) in [4.78, 5) is 48.5. The number of pyridine rings is 1. The molecule has 4 heterocycles. The molecular formula is C25H27F2N5O4. The molecule has 2 saturated heterocycles. The van der Waals surface area contributed by atoms with E-state index in [2.05, 4.69) is 10.3 Å². The molecule has 0 saturated carbocycles. The summed E-state index contributed by atoms with van der Waals surface area (Å²) in [5.74, 6) is -2.33. The lowest BCUT2D eigenvalue weighted by Crippen LogP contribution is -2.61. The van der Waals surface area contributed by atoms with Gasteiger partial charge < -0.3 is 19.9 Å². The second-order valence-corrected chi connectivity index (χ2v) is 9.42. The highest BCUT2D eigenvalue weighted by Gasteiger charge is 2.43. The van der Waals surface area contributed by atoms with Crippen LogP contribution in [0.5, 0.6) is 5.88 Å². The summed E-state index contributed by atoms with van der Waals surface area (Å²) in [7, 11) is 0. The van der Waals surface area contributed by atoms with Crippen molar-refractivity contribution in [3.63, 3.8) is 0 Å². The predicted octanol–water partition coefficient (Wildman–Crippen LogP) is 1.18. The minimum absolute atomic E-state index is 0.0616. The number of carbonyl (C=O) groups is 3. The SMILES string of the molecule is CC(=O)N1CCN2C(=O)[C@@H]3C[C@@H](CN3Cc3ccc(F)c(F)c3)NC(=O)c3cccnc3OC[C@@H]2C1. The van der Waals surface area contributed by atoms with Crippen molar-refractivity contribution in [2.75, 3.05) is 32.8 Å². The van der Waals surface area contributed by atoms with E-state index in [1.807, 2.05) is 4.90 Å². The fourth-order valence-corrected chi connectivity index (χ4v) is 5.19. The van der Waals surface area contributed by atoms with Gasteiger partial charge in [0.05, 0.1) is 12.1 Å². The number of ether oxygens (including phenoxy) is 1. The predicted molar refractivity (Wildman–Crippen MR) is 124 cm³/mol. The molecule has 3 aliphatic rings. The number of benzene rings is 1. The normalized spacial score (nSPS) is 24.7. The van der Waals surface area contributed by atoms with Crippen LogP contribution in [-0.2, 0) is 16.1 Å². The molecule has 1 N–H and O–H groups in total. The highest BCUT2D eigenvalue weighted by atomic mass is 19.2. The Hall–Kier alpha value is -3.60. The van der Waals surface area contributed by atoms with Gasteiger partial charge in [0, 0.05) is 51.9 Å². The number of piperazine rings is 1. The highest BCUT2D eigenvalue weighted by molar-refractivity contribution is 5.96. The van der Waals surface area contributed by atoms with Crippen LogP contribution < -0.4 is 10.1 Å². The minimum atomic E-state index is -0.952. The standard InChI is InChI=1S/C25H27F2N5O4/c1-15(33)30-7-8-32-18(13-30)14-36-24-19(3-2-6-28-24)23(34)29-17-10-22(25(32)35)31(12-17)11-16-4-5-20(26)21(27)9-16/h2-6,9,17-18,22H,7-8,10-14H2,1H3,(H,29,34)/t17-,18-,22-/m0/s1. The second-order valence-electron chi connectivity index (χ2n) is 9.42. The van der Waals surface area contributed by atoms with Crippen molar-refractivity contribution in [1.29, 1.82) is 0 Å². The van der Waals surface area contributed by atoms with Gasteiger partial charge in [-0.3, -0.25) is 19.3 Å². The number of fused-ring (bicyclic) bond motifs is 4. The van der Waals surface area contributed by atoms with E-state index in [1.54, 1.807) is 21.9 Å². The number of rotatable bonds is 2. The third-order valence-electron chi connectivity index (χ3n) is 7.03. The second kappa shape index (κ2) is 9.81. The monoisotopic (exact) mass is 499 g/mol. The molecule has 1 aromatic carbocycles. The van der Waals surface area contributed by atoms with Gasteiger partial charge in [-0.1, -0.05) is 6.07 Å². The van der Waals surface area contributed by atoms with Gasteiger partial charge in [0.2, 0.25) is 17.7 Å². The Bertz CT molecular complexity index is 1190. The van der Waals surface area contributed by atoms with Crippen molar-refractivity contribution in [3.8, 4) is 5.88 Å². The molecule has 3 amide bonds. The number of nitrogens with zero attached hydrogens (tertiary/aromatic N) is 4. The Kier molecular flexibility index (Phi) is 6.57. The van der Waals surface area contributed by atoms with Crippen molar-refractivity contribution in [2.45, 2.75) is 38.0 Å². The zero-order valence-electron chi connectivity index (χ0n) is 19.8. The van der Waals surface area contributed by atoms with Crippen molar-refractivity contribution in [1.82, 2.24) is 25.0 Å². The molecule has 1 aromatic heterocycles. The van der Waals surface area contributed by atoms with Gasteiger partial charge in [-0.05, 0) is 36.2 Å². The molecule has 2 aromatic rings. The number of likely N-dealkylation sites (tertiary alicyclic amines) is 1. The zero-order valence-corrected chi connectivity index (χ0v) is 19.8. The molecule has 3 atom stereocenters. The molecule has 0 spiro atoms. The van der Waals surface area contributed by atoms with Crippen molar-refractivity contribution in [3.05, 3.63) is 59.3 Å². The summed E-state index contributed by atoms with van der Waals surface area (Å²) >= 11 is 0. The number of amides is 3. The summed E-state index contributed by atoms with van der Waals surface area (Å²) in [6.45, 7) is 3.17. The third-order valence-corrected chi connectivity index (χ3v) is 7.03. The number of nitrogens with one attached hydrogen (secondary N) is 1. The molecule has 190 valence electrons. The Labute approximate surface area is 207 Å². The molecule has 2 bridgehead atoms. The number of carbonyl (C=O) groups excluding carboxylic acids is 3. The summed E-state index contributed by atoms with van der Waals surface area (Å²) in [6.07, 6.45) is 1.89. The highest BCUT2D eigenvalue weighted by Crippen LogP contribution is 2.27. The average molecular weight is 500 g/mol. The third kappa shape index (κ3) is 4.75. The van der Waals surface area contributed by atoms with E-state index in [0.717, 1.165) is 12.1 Å². The van der Waals surface area contributed by atoms with Gasteiger partial charge in [-0.25, -0.2) is 13.8 Å². The van der Waals surface area contributed by atoms with Crippen LogP contribution in [0, 0.1) is 11.6 Å². The molecule has 5 rings (SSSR count). The van der Waals surface area contributed by atoms with E-state index in [-0.39, 0.29) is 48.4 Å². The van der Waals surface area contributed by atoms with Crippen LogP contribution >= 0.6 is 0 Å². The maximum Gasteiger partial charge on any atom is 0.257 e. The maximum atomic E-state index is 13.9. The number of hydrogen-bond acceptors (Lipinski definition) is 6. The van der Waals surface area contributed by atoms with E-state index in [4.69, 9.17) is 4.74 Å². The van der Waals surface area contributed by atoms with Crippen molar-refractivity contribution in [2.24, 2.45) is 0 Å². The number of hydrogen-bond donors (Lipinski definition) is 1. The zero-order chi connectivity index (χ0) is 25.4. The van der Waals surface area contributed by atoms with E-state index >= 15 is 0 Å². The van der Waals surface area contributed by atoms with Gasteiger partial charge in [-0.2, -0.15) is 0 Å². The number of halogens is 2. The summed E-state index contributed by atoms with van der Waals surface area (Å²) in [6, 6.07) is 5.60. The van der Waals surface area contributed by atoms with Crippen LogP contribution in [0.3, 0.4) is 0 Å². The van der Waals surface area contributed by atoms with E-state index < -0.39 is 23.7 Å². The van der Waals surface area contributed by atoms with Gasteiger partial charge in [0.25, 0.3) is 5.91 Å². The van der Waals surface area contributed by atoms with Crippen LogP contribution in [0.4, 0.5) is 8.78 Å². The molecule has 11 heteroatoms. The fourth-order valence-electron chi connectivity index (χ4n) is 5.19. The Morgan fingerprint density at radius 2 is 2.00 bits per heavy atom. The molecule has 3 aliphatic heterocycles. The van der Waals surface area contributed by atoms with Gasteiger partial charge >= 0.3 is 0 Å². The average Bonchev–Trinajstić information content (AvgIpc) is 3.25. The lowest BCUT2D eigenvalue weighted by atomic mass is 10.1. The fraction of sp³-hybridized carbons (Fsp3) is 0.440. The van der Waals surface area contributed by atoms with Crippen LogP contribution in [-0.4, -0.2) is 88.3 Å². The first-order valence-electron chi connectivity index (χ1n) is 11.9. The Morgan fingerprint density at radius 1 is 1.17 bits per heavy atom. The first-order chi connectivity index (χ1) is 17.3. The van der Waals surface area contributed by atoms with Gasteiger partial charge in [0.1, 0.15) is 12.2 Å². The number of aromatic nitrogens is 1. The first-order valence-corrected chi connectivity index (χ1v) is 11.9. The topological polar surface area (TPSA) is 95.1 Å². The van der Waals surface area contributed by atoms with Crippen LogP contribution in [0.15, 0.2) is 36.5 Å². The largest absolute Gasteiger partial charge is 0.475 e. The Morgan fingerprint density at radius 3 is 2.78 bits per heavy atom. The Balaban J connectivity index is 1.48. The van der Waals surface area contributed by atoms with E-state index in [9.17, 15) is 23.2 Å². The molecule has 36 heavy (non-hydrogen) atoms. The minimum Gasteiger partial charge on any atom is -0.475 e. The molecule has 9 nitrogen and oxygen atoms in total. The van der Waals surface area contributed by atoms with Crippen molar-refractivity contribution < 1.29 is 27.9 Å². The van der Waals surface area contributed by atoms with Crippen LogP contribution in [0.2, 0.25) is 0 Å². The molecule has 0 unspecified atom stereocenters. The summed E-state index contributed by atoms with van der Waals surface area (Å²) in [5, 5.41) is 2.97. The smallest absolute Gasteiger partial charge is 0.257 e. The van der Waals surface area contributed by atoms with E-state index in [1.165, 1.54) is 19.2 Å². The van der Waals surface area contributed by atoms with Gasteiger partial charge in [-0.15, -0.1) is 0 Å². The molecule has 2 fully saturated rings. The molecule has 0 radical (unpaired) electrons. The van der Waals surface area contributed by atoms with Crippen LogP contribution in [0.25, 0.3) is 0 Å². The summed E-state index contributed by atoms with van der Waals surface area (Å²) < 4.78 is 33.2. The van der Waals surface area contributed by atoms with Gasteiger partial charge in [0.15, 0.2) is 11.6 Å². The molecule has 0 aliphatic carbocycles. The summed E-state index contributed by atoms with van der Waals surface area (Å²) in [5.41, 5.74) is 0.810. The molecular weight excluding hydrogens is 472 g/mol. The lowest BCUT2D eigenvalue weighted by molar-refractivity contribution is -0.146. The maximum absolute atomic E-state index is 13.9. The van der Waals surface area contributed by atoms with Crippen LogP contribution in [0.1, 0.15) is 29.3 Å². The lowest BCUT2D eigenvalue weighted by Gasteiger charge is -2.42. The van der Waals surface area contributed by atoms with Crippen molar-refractivity contribution >= 4 is 17.7 Å². The first kappa shape index (κ1) is 24.1. The quantitative estimate of drug-likeness (QED) is 0.667. The van der Waals surface area contributed by atoms with E-state index in [0.29, 0.717) is 38.2 Å².